The first-order valence-corrected chi connectivity index (χ1v) is 6.74. The predicted molar refractivity (Wildman–Crippen MR) is 76.8 cm³/mol. The summed E-state index contributed by atoms with van der Waals surface area (Å²) in [6, 6.07) is 8.46. The first-order valence-electron chi connectivity index (χ1n) is 5.57. The normalized spacial score (nSPS) is 10.3. The third kappa shape index (κ3) is 3.49. The Balaban J connectivity index is 2.15. The van der Waals surface area contributed by atoms with Crippen LogP contribution in [0.25, 0.3) is 0 Å². The third-order valence-corrected chi connectivity index (χ3v) is 3.58. The lowest BCUT2D eigenvalue weighted by Crippen LogP contribution is -2.00. The van der Waals surface area contributed by atoms with Gasteiger partial charge in [-0.15, -0.1) is 0 Å². The molecule has 0 aromatic heterocycles. The van der Waals surface area contributed by atoms with E-state index >= 15 is 0 Å². The van der Waals surface area contributed by atoms with Crippen molar-refractivity contribution < 1.29 is 19.0 Å². The molecule has 0 amide bonds. The number of carbonyl (C=O) groups is 1. The highest BCUT2D eigenvalue weighted by Gasteiger charge is 2.09. The Kier molecular flexibility index (Phi) is 4.62. The second-order valence-electron chi connectivity index (χ2n) is 3.97. The SMILES string of the molecule is O=C(O)c1ccc(COc2cc(F)ccc2Br)c(Cl)c1. The van der Waals surface area contributed by atoms with Gasteiger partial charge >= 0.3 is 5.97 Å². The van der Waals surface area contributed by atoms with Gasteiger partial charge in [-0.2, -0.15) is 0 Å². The second-order valence-corrected chi connectivity index (χ2v) is 5.24. The largest absolute Gasteiger partial charge is 0.488 e. The monoisotopic (exact) mass is 358 g/mol. The van der Waals surface area contributed by atoms with E-state index in [0.29, 0.717) is 15.8 Å². The van der Waals surface area contributed by atoms with E-state index in [1.807, 2.05) is 0 Å². The van der Waals surface area contributed by atoms with Crippen LogP contribution in [0.15, 0.2) is 40.9 Å². The van der Waals surface area contributed by atoms with Crippen molar-refractivity contribution in [3.8, 4) is 5.75 Å². The summed E-state index contributed by atoms with van der Waals surface area (Å²) in [5.41, 5.74) is 0.721. The molecule has 3 nitrogen and oxygen atoms in total. The number of aromatic carboxylic acids is 1. The smallest absolute Gasteiger partial charge is 0.335 e. The lowest BCUT2D eigenvalue weighted by molar-refractivity contribution is 0.0697. The number of halogens is 3. The Morgan fingerprint density at radius 2 is 2.05 bits per heavy atom. The van der Waals surface area contributed by atoms with Crippen LogP contribution in [-0.4, -0.2) is 11.1 Å². The first kappa shape index (κ1) is 14.8. The molecule has 0 aliphatic rings. The van der Waals surface area contributed by atoms with Crippen molar-refractivity contribution in [2.45, 2.75) is 6.61 Å². The fourth-order valence-electron chi connectivity index (χ4n) is 1.54. The van der Waals surface area contributed by atoms with E-state index in [2.05, 4.69) is 15.9 Å². The maximum Gasteiger partial charge on any atom is 0.335 e. The Labute approximate surface area is 128 Å². The molecule has 0 saturated heterocycles. The van der Waals surface area contributed by atoms with Crippen LogP contribution in [-0.2, 0) is 6.61 Å². The van der Waals surface area contributed by atoms with Gasteiger partial charge in [-0.05, 0) is 40.2 Å². The molecule has 0 atom stereocenters. The zero-order chi connectivity index (χ0) is 14.7. The van der Waals surface area contributed by atoms with Crippen molar-refractivity contribution in [3.63, 3.8) is 0 Å². The van der Waals surface area contributed by atoms with Gasteiger partial charge in [0.05, 0.1) is 10.0 Å². The molecule has 0 heterocycles. The molecule has 104 valence electrons. The molecule has 0 radical (unpaired) electrons. The quantitative estimate of drug-likeness (QED) is 0.873. The zero-order valence-corrected chi connectivity index (χ0v) is 12.4. The van der Waals surface area contributed by atoms with Gasteiger partial charge in [0.1, 0.15) is 18.2 Å². The van der Waals surface area contributed by atoms with E-state index in [4.69, 9.17) is 21.4 Å². The maximum atomic E-state index is 13.1. The van der Waals surface area contributed by atoms with Crippen LogP contribution in [0.2, 0.25) is 5.02 Å². The van der Waals surface area contributed by atoms with Crippen molar-refractivity contribution in [2.75, 3.05) is 0 Å². The Bertz CT molecular complexity index is 661. The molecule has 0 fully saturated rings. The Morgan fingerprint density at radius 3 is 2.70 bits per heavy atom. The number of carboxylic acid groups (broad SMARTS) is 1. The molecule has 2 aromatic rings. The molecule has 0 aliphatic heterocycles. The number of carboxylic acids is 1. The number of hydrogen-bond donors (Lipinski definition) is 1. The molecule has 0 saturated carbocycles. The molecule has 20 heavy (non-hydrogen) atoms. The van der Waals surface area contributed by atoms with E-state index < -0.39 is 11.8 Å². The molecular formula is C14H9BrClFO3. The number of ether oxygens (including phenoxy) is 1. The Morgan fingerprint density at radius 1 is 1.30 bits per heavy atom. The summed E-state index contributed by atoms with van der Waals surface area (Å²) in [6.07, 6.45) is 0. The minimum absolute atomic E-state index is 0.102. The highest BCUT2D eigenvalue weighted by atomic mass is 79.9. The van der Waals surface area contributed by atoms with Gasteiger partial charge in [-0.25, -0.2) is 9.18 Å². The van der Waals surface area contributed by atoms with Gasteiger partial charge in [0, 0.05) is 16.7 Å². The molecule has 0 aliphatic carbocycles. The topological polar surface area (TPSA) is 46.5 Å². The van der Waals surface area contributed by atoms with Crippen LogP contribution < -0.4 is 4.74 Å². The Hall–Kier alpha value is -1.59. The van der Waals surface area contributed by atoms with E-state index in [0.717, 1.165) is 0 Å². The third-order valence-electron chi connectivity index (χ3n) is 2.58. The van der Waals surface area contributed by atoms with Crippen LogP contribution in [0.3, 0.4) is 0 Å². The van der Waals surface area contributed by atoms with Gasteiger partial charge in [0.15, 0.2) is 0 Å². The number of benzene rings is 2. The standard InChI is InChI=1S/C14H9BrClFO3/c15-11-4-3-10(17)6-13(11)20-7-9-2-1-8(14(18)19)5-12(9)16/h1-6H,7H2,(H,18,19). The molecule has 2 aromatic carbocycles. The van der Waals surface area contributed by atoms with Gasteiger partial charge in [-0.1, -0.05) is 17.7 Å². The average Bonchev–Trinajstić information content (AvgIpc) is 2.40. The van der Waals surface area contributed by atoms with Crippen molar-refractivity contribution in [1.82, 2.24) is 0 Å². The van der Waals surface area contributed by atoms with Crippen molar-refractivity contribution >= 4 is 33.5 Å². The summed E-state index contributed by atoms with van der Waals surface area (Å²) in [6.45, 7) is 0.112. The lowest BCUT2D eigenvalue weighted by Gasteiger charge is -2.10. The fourth-order valence-corrected chi connectivity index (χ4v) is 2.14. The van der Waals surface area contributed by atoms with Crippen LogP contribution in [0, 0.1) is 5.82 Å². The van der Waals surface area contributed by atoms with E-state index in [1.165, 1.54) is 24.3 Å². The van der Waals surface area contributed by atoms with Gasteiger partial charge in [0.25, 0.3) is 0 Å². The van der Waals surface area contributed by atoms with Crippen LogP contribution >= 0.6 is 27.5 Å². The molecule has 0 unspecified atom stereocenters. The van der Waals surface area contributed by atoms with Crippen molar-refractivity contribution in [1.29, 1.82) is 0 Å². The van der Waals surface area contributed by atoms with E-state index in [9.17, 15) is 9.18 Å². The number of rotatable bonds is 4. The fraction of sp³-hybridized carbons (Fsp3) is 0.0714. The van der Waals surface area contributed by atoms with Crippen molar-refractivity contribution in [3.05, 3.63) is 62.8 Å². The van der Waals surface area contributed by atoms with E-state index in [1.54, 1.807) is 12.1 Å². The molecule has 0 bridgehead atoms. The average molecular weight is 360 g/mol. The van der Waals surface area contributed by atoms with Crippen LogP contribution in [0.1, 0.15) is 15.9 Å². The van der Waals surface area contributed by atoms with Gasteiger partial charge in [0.2, 0.25) is 0 Å². The highest BCUT2D eigenvalue weighted by molar-refractivity contribution is 9.10. The maximum absolute atomic E-state index is 13.1. The first-order chi connectivity index (χ1) is 9.47. The van der Waals surface area contributed by atoms with Gasteiger partial charge < -0.3 is 9.84 Å². The number of hydrogen-bond acceptors (Lipinski definition) is 2. The van der Waals surface area contributed by atoms with Crippen molar-refractivity contribution in [2.24, 2.45) is 0 Å². The lowest BCUT2D eigenvalue weighted by atomic mass is 10.1. The molecule has 1 N–H and O–H groups in total. The minimum Gasteiger partial charge on any atom is -0.488 e. The van der Waals surface area contributed by atoms with E-state index in [-0.39, 0.29) is 17.2 Å². The highest BCUT2D eigenvalue weighted by Crippen LogP contribution is 2.27. The summed E-state index contributed by atoms with van der Waals surface area (Å²) in [5.74, 6) is -1.11. The molecule has 0 spiro atoms. The van der Waals surface area contributed by atoms with Crippen LogP contribution in [0.4, 0.5) is 4.39 Å². The zero-order valence-electron chi connectivity index (χ0n) is 10.1. The second kappa shape index (κ2) is 6.24. The molecular weight excluding hydrogens is 351 g/mol. The minimum atomic E-state index is -1.05. The molecule has 2 rings (SSSR count). The predicted octanol–water partition coefficient (Wildman–Crippen LogP) is 4.52. The summed E-state index contributed by atoms with van der Waals surface area (Å²) in [5, 5.41) is 9.13. The summed E-state index contributed by atoms with van der Waals surface area (Å²) in [4.78, 5) is 10.8. The van der Waals surface area contributed by atoms with Gasteiger partial charge in [-0.3, -0.25) is 0 Å². The van der Waals surface area contributed by atoms with Crippen LogP contribution in [0.5, 0.6) is 5.75 Å². The molecule has 6 heteroatoms. The summed E-state index contributed by atoms with van der Waals surface area (Å²) in [7, 11) is 0. The summed E-state index contributed by atoms with van der Waals surface area (Å²) >= 11 is 9.23. The summed E-state index contributed by atoms with van der Waals surface area (Å²) < 4.78 is 19.2.